The van der Waals surface area contributed by atoms with Gasteiger partial charge in [0.05, 0.1) is 13.7 Å². The number of sulfonamides is 1. The van der Waals surface area contributed by atoms with E-state index in [1.54, 1.807) is 19.1 Å². The van der Waals surface area contributed by atoms with Crippen LogP contribution < -0.4 is 19.9 Å². The predicted molar refractivity (Wildman–Crippen MR) is 103 cm³/mol. The van der Waals surface area contributed by atoms with Gasteiger partial charge in [0.15, 0.2) is 0 Å². The maximum Gasteiger partial charge on any atom is 0.261 e. The molecule has 1 aliphatic heterocycles. The third-order valence-corrected chi connectivity index (χ3v) is 5.74. The van der Waals surface area contributed by atoms with Gasteiger partial charge in [-0.3, -0.25) is 10.2 Å². The second kappa shape index (κ2) is 7.98. The summed E-state index contributed by atoms with van der Waals surface area (Å²) < 4.78 is 30.2. The van der Waals surface area contributed by atoms with Crippen LogP contribution in [0.25, 0.3) is 0 Å². The molecule has 0 aliphatic carbocycles. The molecule has 0 spiro atoms. The fraction of sp³-hybridized carbons (Fsp3) is 0.316. The van der Waals surface area contributed by atoms with Gasteiger partial charge in [0, 0.05) is 12.2 Å². The van der Waals surface area contributed by atoms with Gasteiger partial charge in [0.25, 0.3) is 15.9 Å². The minimum atomic E-state index is -3.95. The van der Waals surface area contributed by atoms with E-state index in [-0.39, 0.29) is 17.2 Å². The first kappa shape index (κ1) is 19.2. The molecule has 1 aliphatic rings. The third kappa shape index (κ3) is 4.40. The van der Waals surface area contributed by atoms with Crippen LogP contribution in [0.1, 0.15) is 17.5 Å². The van der Waals surface area contributed by atoms with Crippen molar-refractivity contribution in [2.45, 2.75) is 24.7 Å². The third-order valence-electron chi connectivity index (χ3n) is 4.47. The van der Waals surface area contributed by atoms with Gasteiger partial charge in [-0.05, 0) is 49.1 Å². The van der Waals surface area contributed by atoms with Crippen LogP contribution in [0, 0.1) is 6.92 Å². The van der Waals surface area contributed by atoms with Crippen molar-refractivity contribution in [3.05, 3.63) is 53.6 Å². The Bertz CT molecular complexity index is 944. The van der Waals surface area contributed by atoms with E-state index in [4.69, 9.17) is 4.74 Å². The summed E-state index contributed by atoms with van der Waals surface area (Å²) in [7, 11) is -2.55. The SMILES string of the molecule is COc1ccc(C)cc1S(=O)(=O)NNC(=O)CN1CCCc2ccccc21. The number of methoxy groups -OCH3 is 1. The number of carbonyl (C=O) groups is 1. The quantitative estimate of drug-likeness (QED) is 0.735. The monoisotopic (exact) mass is 389 g/mol. The average molecular weight is 389 g/mol. The summed E-state index contributed by atoms with van der Waals surface area (Å²) in [6, 6.07) is 12.8. The summed E-state index contributed by atoms with van der Waals surface area (Å²) in [6.07, 6.45) is 1.94. The number of ether oxygens (including phenoxy) is 1. The molecule has 0 saturated carbocycles. The molecule has 27 heavy (non-hydrogen) atoms. The number of para-hydroxylation sites is 1. The maximum atomic E-state index is 12.5. The van der Waals surface area contributed by atoms with Crippen LogP contribution in [0.15, 0.2) is 47.4 Å². The van der Waals surface area contributed by atoms with Gasteiger partial charge in [-0.1, -0.05) is 24.3 Å². The highest BCUT2D eigenvalue weighted by atomic mass is 32.2. The van der Waals surface area contributed by atoms with Crippen LogP contribution in [0.4, 0.5) is 5.69 Å². The molecule has 2 aromatic rings. The smallest absolute Gasteiger partial charge is 0.261 e. The Kier molecular flexibility index (Phi) is 5.67. The van der Waals surface area contributed by atoms with Crippen molar-refractivity contribution >= 4 is 21.6 Å². The van der Waals surface area contributed by atoms with Crippen molar-refractivity contribution in [1.29, 1.82) is 0 Å². The van der Waals surface area contributed by atoms with E-state index >= 15 is 0 Å². The average Bonchev–Trinajstić information content (AvgIpc) is 2.67. The van der Waals surface area contributed by atoms with E-state index in [1.165, 1.54) is 18.7 Å². The van der Waals surface area contributed by atoms with Gasteiger partial charge < -0.3 is 9.64 Å². The number of anilines is 1. The molecule has 1 heterocycles. The highest BCUT2D eigenvalue weighted by molar-refractivity contribution is 7.89. The van der Waals surface area contributed by atoms with Gasteiger partial charge in [0.1, 0.15) is 10.6 Å². The standard InChI is InChI=1S/C19H23N3O4S/c1-14-9-10-17(26-2)18(12-14)27(24,25)21-20-19(23)13-22-11-5-7-15-6-3-4-8-16(15)22/h3-4,6,8-10,12,21H,5,7,11,13H2,1-2H3,(H,20,23). The number of benzene rings is 2. The largest absolute Gasteiger partial charge is 0.495 e. The number of hydrazine groups is 1. The second-order valence-corrected chi connectivity index (χ2v) is 8.11. The summed E-state index contributed by atoms with van der Waals surface area (Å²) >= 11 is 0. The fourth-order valence-electron chi connectivity index (χ4n) is 3.16. The highest BCUT2D eigenvalue weighted by Gasteiger charge is 2.22. The van der Waals surface area contributed by atoms with Crippen molar-refractivity contribution in [1.82, 2.24) is 10.3 Å². The fourth-order valence-corrected chi connectivity index (χ4v) is 4.28. The number of carbonyl (C=O) groups excluding carboxylic acids is 1. The Balaban J connectivity index is 1.67. The number of nitrogens with one attached hydrogen (secondary N) is 2. The summed E-state index contributed by atoms with van der Waals surface area (Å²) in [5.41, 5.74) is 5.28. The van der Waals surface area contributed by atoms with E-state index in [1.807, 2.05) is 29.2 Å². The topological polar surface area (TPSA) is 87.7 Å². The highest BCUT2D eigenvalue weighted by Crippen LogP contribution is 2.26. The summed E-state index contributed by atoms with van der Waals surface area (Å²) in [6.45, 7) is 2.61. The molecule has 0 radical (unpaired) electrons. The first-order valence-electron chi connectivity index (χ1n) is 8.69. The minimum absolute atomic E-state index is 0.0198. The van der Waals surface area contributed by atoms with Gasteiger partial charge in [-0.25, -0.2) is 8.42 Å². The lowest BCUT2D eigenvalue weighted by atomic mass is 10.0. The molecule has 0 aromatic heterocycles. The van der Waals surface area contributed by atoms with Crippen LogP contribution in [-0.2, 0) is 21.2 Å². The van der Waals surface area contributed by atoms with Crippen LogP contribution >= 0.6 is 0 Å². The Morgan fingerprint density at radius 2 is 2.00 bits per heavy atom. The molecule has 1 amide bonds. The van der Waals surface area contributed by atoms with E-state index in [0.717, 1.165) is 30.6 Å². The molecule has 3 rings (SSSR count). The Labute approximate surface area is 159 Å². The molecule has 8 heteroatoms. The predicted octanol–water partition coefficient (Wildman–Crippen LogP) is 1.77. The summed E-state index contributed by atoms with van der Waals surface area (Å²) in [5.74, 6) is -0.214. The molecule has 7 nitrogen and oxygen atoms in total. The van der Waals surface area contributed by atoms with Crippen molar-refractivity contribution < 1.29 is 17.9 Å². The van der Waals surface area contributed by atoms with E-state index < -0.39 is 15.9 Å². The zero-order valence-electron chi connectivity index (χ0n) is 15.4. The van der Waals surface area contributed by atoms with Crippen LogP contribution in [-0.4, -0.2) is 34.5 Å². The van der Waals surface area contributed by atoms with Crippen molar-refractivity contribution in [3.8, 4) is 5.75 Å². The Hall–Kier alpha value is -2.58. The number of aryl methyl sites for hydroxylation is 2. The number of rotatable bonds is 6. The molecule has 0 unspecified atom stereocenters. The zero-order valence-corrected chi connectivity index (χ0v) is 16.2. The minimum Gasteiger partial charge on any atom is -0.495 e. The van der Waals surface area contributed by atoms with Gasteiger partial charge in [0.2, 0.25) is 0 Å². The number of hydrogen-bond donors (Lipinski definition) is 2. The van der Waals surface area contributed by atoms with Crippen LogP contribution in [0.3, 0.4) is 0 Å². The van der Waals surface area contributed by atoms with Crippen LogP contribution in [0.2, 0.25) is 0 Å². The molecular formula is C19H23N3O4S. The van der Waals surface area contributed by atoms with E-state index in [0.29, 0.717) is 0 Å². The molecular weight excluding hydrogens is 366 g/mol. The first-order valence-corrected chi connectivity index (χ1v) is 10.2. The molecule has 0 saturated heterocycles. The first-order chi connectivity index (χ1) is 12.9. The van der Waals surface area contributed by atoms with E-state index in [2.05, 4.69) is 10.3 Å². The lowest BCUT2D eigenvalue weighted by Gasteiger charge is -2.30. The van der Waals surface area contributed by atoms with Crippen molar-refractivity contribution in [2.24, 2.45) is 0 Å². The molecule has 2 aromatic carbocycles. The van der Waals surface area contributed by atoms with Gasteiger partial charge >= 0.3 is 0 Å². The maximum absolute atomic E-state index is 12.5. The number of fused-ring (bicyclic) bond motifs is 1. The lowest BCUT2D eigenvalue weighted by molar-refractivity contribution is -0.120. The van der Waals surface area contributed by atoms with Crippen LogP contribution in [0.5, 0.6) is 5.75 Å². The summed E-state index contributed by atoms with van der Waals surface area (Å²) in [4.78, 5) is 16.4. The number of nitrogens with zero attached hydrogens (tertiary/aromatic N) is 1. The zero-order chi connectivity index (χ0) is 19.4. The Morgan fingerprint density at radius 1 is 1.22 bits per heavy atom. The number of amides is 1. The molecule has 0 fully saturated rings. The molecule has 144 valence electrons. The number of hydrogen-bond acceptors (Lipinski definition) is 5. The molecule has 2 N–H and O–H groups in total. The molecule has 0 atom stereocenters. The molecule has 0 bridgehead atoms. The van der Waals surface area contributed by atoms with Crippen molar-refractivity contribution in [2.75, 3.05) is 25.1 Å². The lowest BCUT2D eigenvalue weighted by Crippen LogP contribution is -2.47. The second-order valence-electron chi connectivity index (χ2n) is 6.46. The summed E-state index contributed by atoms with van der Waals surface area (Å²) in [5, 5.41) is 0. The van der Waals surface area contributed by atoms with Crippen molar-refractivity contribution in [3.63, 3.8) is 0 Å². The Morgan fingerprint density at radius 3 is 2.78 bits per heavy atom. The van der Waals surface area contributed by atoms with E-state index in [9.17, 15) is 13.2 Å². The van der Waals surface area contributed by atoms with Gasteiger partial charge in [-0.15, -0.1) is 4.83 Å². The normalized spacial score (nSPS) is 13.8. The van der Waals surface area contributed by atoms with Gasteiger partial charge in [-0.2, -0.15) is 0 Å².